The van der Waals surface area contributed by atoms with E-state index in [9.17, 15) is 14.9 Å². The molecular weight excluding hydrogens is 250 g/mol. The maximum absolute atomic E-state index is 11.1. The summed E-state index contributed by atoms with van der Waals surface area (Å²) < 4.78 is 0. The minimum atomic E-state index is -1.34. The predicted molar refractivity (Wildman–Crippen MR) is 70.6 cm³/mol. The molecule has 0 aliphatic heterocycles. The van der Waals surface area contributed by atoms with Gasteiger partial charge in [0.1, 0.15) is 17.6 Å². The van der Waals surface area contributed by atoms with Gasteiger partial charge in [0.15, 0.2) is 0 Å². The zero-order valence-corrected chi connectivity index (χ0v) is 11.4. The van der Waals surface area contributed by atoms with E-state index in [2.05, 4.69) is 4.98 Å². The van der Waals surface area contributed by atoms with Gasteiger partial charge in [-0.05, 0) is 20.3 Å². The van der Waals surface area contributed by atoms with Crippen molar-refractivity contribution >= 4 is 17.5 Å². The molecule has 19 heavy (non-hydrogen) atoms. The van der Waals surface area contributed by atoms with Crippen molar-refractivity contribution in [3.8, 4) is 0 Å². The molecule has 0 saturated heterocycles. The molecule has 1 N–H and O–H groups in total. The molecule has 0 radical (unpaired) electrons. The monoisotopic (exact) mass is 267 g/mol. The van der Waals surface area contributed by atoms with E-state index >= 15 is 0 Å². The molecule has 104 valence electrons. The van der Waals surface area contributed by atoms with Crippen molar-refractivity contribution in [2.45, 2.75) is 32.7 Å². The Kier molecular flexibility index (Phi) is 4.08. The Labute approximate surface area is 111 Å². The van der Waals surface area contributed by atoms with E-state index in [-0.39, 0.29) is 11.1 Å². The molecule has 1 rings (SSSR count). The largest absolute Gasteiger partial charge is 0.477 e. The average molecular weight is 267 g/mol. The second kappa shape index (κ2) is 5.21. The zero-order chi connectivity index (χ0) is 14.8. The predicted octanol–water partition coefficient (Wildman–Crippen LogP) is 2.31. The summed E-state index contributed by atoms with van der Waals surface area (Å²) in [6, 6.07) is 1.23. The lowest BCUT2D eigenvalue weighted by Crippen LogP contribution is -2.41. The van der Waals surface area contributed by atoms with Crippen molar-refractivity contribution in [2.75, 3.05) is 11.9 Å². The molecule has 0 spiro atoms. The Morgan fingerprint density at radius 3 is 2.58 bits per heavy atom. The Morgan fingerprint density at radius 2 is 2.16 bits per heavy atom. The van der Waals surface area contributed by atoms with E-state index in [1.54, 1.807) is 7.05 Å². The first-order valence-electron chi connectivity index (χ1n) is 5.82. The minimum absolute atomic E-state index is 0.223. The van der Waals surface area contributed by atoms with Crippen molar-refractivity contribution in [2.24, 2.45) is 0 Å². The van der Waals surface area contributed by atoms with Crippen LogP contribution in [0.4, 0.5) is 11.5 Å². The Balaban J connectivity index is 3.30. The summed E-state index contributed by atoms with van der Waals surface area (Å²) in [6.45, 7) is 5.97. The molecule has 0 unspecified atom stereocenters. The van der Waals surface area contributed by atoms with Crippen molar-refractivity contribution in [3.63, 3.8) is 0 Å². The van der Waals surface area contributed by atoms with Crippen LogP contribution in [0.25, 0.3) is 0 Å². The minimum Gasteiger partial charge on any atom is -0.477 e. The summed E-state index contributed by atoms with van der Waals surface area (Å²) in [7, 11) is 1.78. The highest BCUT2D eigenvalue weighted by Crippen LogP contribution is 2.27. The number of anilines is 1. The van der Waals surface area contributed by atoms with E-state index < -0.39 is 16.6 Å². The SMILES string of the molecule is CCC(C)(C)N(C)c1cc(C(=O)O)c([N+](=O)[O-])cn1. The number of rotatable bonds is 5. The Hall–Kier alpha value is -2.18. The van der Waals surface area contributed by atoms with Crippen LogP contribution in [0, 0.1) is 10.1 Å². The van der Waals surface area contributed by atoms with Crippen LogP contribution in [0.3, 0.4) is 0 Å². The molecule has 0 aliphatic rings. The summed E-state index contributed by atoms with van der Waals surface area (Å²) in [6.07, 6.45) is 1.81. The Bertz CT molecular complexity index is 514. The van der Waals surface area contributed by atoms with Crippen LogP contribution in [0.15, 0.2) is 12.3 Å². The fourth-order valence-corrected chi connectivity index (χ4v) is 1.48. The third-order valence-electron chi connectivity index (χ3n) is 3.41. The molecule has 1 aromatic rings. The molecule has 0 bridgehead atoms. The van der Waals surface area contributed by atoms with Gasteiger partial charge in [-0.25, -0.2) is 9.78 Å². The van der Waals surface area contributed by atoms with Crippen LogP contribution in [0.5, 0.6) is 0 Å². The normalized spacial score (nSPS) is 11.2. The summed E-state index contributed by atoms with van der Waals surface area (Å²) in [5, 5.41) is 19.8. The van der Waals surface area contributed by atoms with Crippen molar-refractivity contribution in [1.29, 1.82) is 0 Å². The quantitative estimate of drug-likeness (QED) is 0.649. The van der Waals surface area contributed by atoms with E-state index in [0.29, 0.717) is 5.82 Å². The summed E-state index contributed by atoms with van der Waals surface area (Å²) >= 11 is 0. The number of carboxylic acid groups (broad SMARTS) is 1. The van der Waals surface area contributed by atoms with Gasteiger partial charge >= 0.3 is 11.7 Å². The van der Waals surface area contributed by atoms with Crippen LogP contribution in [0.2, 0.25) is 0 Å². The zero-order valence-electron chi connectivity index (χ0n) is 11.4. The lowest BCUT2D eigenvalue weighted by atomic mass is 10.00. The van der Waals surface area contributed by atoms with Crippen LogP contribution in [0.1, 0.15) is 37.6 Å². The number of hydrogen-bond acceptors (Lipinski definition) is 5. The first-order valence-corrected chi connectivity index (χ1v) is 5.82. The van der Waals surface area contributed by atoms with Crippen LogP contribution < -0.4 is 4.90 Å². The number of hydrogen-bond donors (Lipinski definition) is 1. The number of nitro groups is 1. The van der Waals surface area contributed by atoms with Gasteiger partial charge in [0, 0.05) is 18.7 Å². The molecule has 7 nitrogen and oxygen atoms in total. The molecule has 0 aromatic carbocycles. The lowest BCUT2D eigenvalue weighted by molar-refractivity contribution is -0.385. The number of nitrogens with zero attached hydrogens (tertiary/aromatic N) is 3. The van der Waals surface area contributed by atoms with Crippen molar-refractivity contribution in [3.05, 3.63) is 27.9 Å². The van der Waals surface area contributed by atoms with E-state index in [4.69, 9.17) is 5.11 Å². The van der Waals surface area contributed by atoms with Gasteiger partial charge in [0.25, 0.3) is 0 Å². The van der Waals surface area contributed by atoms with Gasteiger partial charge in [-0.1, -0.05) is 6.92 Å². The van der Waals surface area contributed by atoms with Gasteiger partial charge in [-0.15, -0.1) is 0 Å². The lowest BCUT2D eigenvalue weighted by Gasteiger charge is -2.35. The topological polar surface area (TPSA) is 96.6 Å². The smallest absolute Gasteiger partial charge is 0.342 e. The van der Waals surface area contributed by atoms with Crippen LogP contribution >= 0.6 is 0 Å². The van der Waals surface area contributed by atoms with Gasteiger partial charge < -0.3 is 10.0 Å². The maximum Gasteiger partial charge on any atom is 0.342 e. The van der Waals surface area contributed by atoms with E-state index in [1.807, 2.05) is 25.7 Å². The van der Waals surface area contributed by atoms with Gasteiger partial charge in [-0.2, -0.15) is 0 Å². The summed E-state index contributed by atoms with van der Waals surface area (Å²) in [5.41, 5.74) is -1.08. The molecule has 7 heteroatoms. The van der Waals surface area contributed by atoms with Crippen LogP contribution in [-0.4, -0.2) is 33.6 Å². The van der Waals surface area contributed by atoms with Crippen LogP contribution in [-0.2, 0) is 0 Å². The fourth-order valence-electron chi connectivity index (χ4n) is 1.48. The molecule has 0 aliphatic carbocycles. The second-order valence-electron chi connectivity index (χ2n) is 4.85. The maximum atomic E-state index is 11.1. The molecular formula is C12H17N3O4. The number of carbonyl (C=O) groups is 1. The number of carboxylic acids is 1. The first-order chi connectivity index (χ1) is 8.70. The number of aromatic nitrogens is 1. The van der Waals surface area contributed by atoms with Gasteiger partial charge in [-0.3, -0.25) is 10.1 Å². The van der Waals surface area contributed by atoms with E-state index in [0.717, 1.165) is 12.6 Å². The van der Waals surface area contributed by atoms with Crippen molar-refractivity contribution in [1.82, 2.24) is 4.98 Å². The highest BCUT2D eigenvalue weighted by molar-refractivity contribution is 5.93. The Morgan fingerprint density at radius 1 is 1.58 bits per heavy atom. The number of pyridine rings is 1. The van der Waals surface area contributed by atoms with Gasteiger partial charge in [0.05, 0.1) is 4.92 Å². The fraction of sp³-hybridized carbons (Fsp3) is 0.500. The second-order valence-corrected chi connectivity index (χ2v) is 4.85. The highest BCUT2D eigenvalue weighted by atomic mass is 16.6. The third kappa shape index (κ3) is 2.98. The standard InChI is InChI=1S/C12H17N3O4/c1-5-12(2,3)14(4)10-6-8(11(16)17)9(7-13-10)15(18)19/h6-7H,5H2,1-4H3,(H,16,17). The van der Waals surface area contributed by atoms with Crippen molar-refractivity contribution < 1.29 is 14.8 Å². The molecule has 0 atom stereocenters. The molecule has 1 heterocycles. The molecule has 0 amide bonds. The van der Waals surface area contributed by atoms with Gasteiger partial charge in [0.2, 0.25) is 0 Å². The first kappa shape index (κ1) is 14.9. The summed E-state index contributed by atoms with van der Waals surface area (Å²) in [4.78, 5) is 26.9. The molecule has 0 saturated carbocycles. The van der Waals surface area contributed by atoms with E-state index in [1.165, 1.54) is 6.07 Å². The number of aromatic carboxylic acids is 1. The molecule has 1 aromatic heterocycles. The summed E-state index contributed by atoms with van der Waals surface area (Å²) in [5.74, 6) is -0.937. The highest BCUT2D eigenvalue weighted by Gasteiger charge is 2.26. The third-order valence-corrected chi connectivity index (χ3v) is 3.41. The average Bonchev–Trinajstić information content (AvgIpc) is 2.36. The molecule has 0 fully saturated rings.